The second kappa shape index (κ2) is 8.80. The molecule has 0 spiro atoms. The molecule has 0 saturated heterocycles. The van der Waals surface area contributed by atoms with Crippen molar-refractivity contribution in [1.29, 1.82) is 10.5 Å². The lowest BCUT2D eigenvalue weighted by Gasteiger charge is -2.26. The van der Waals surface area contributed by atoms with Crippen molar-refractivity contribution >= 4 is 38.9 Å². The van der Waals surface area contributed by atoms with Crippen LogP contribution in [0.1, 0.15) is 11.1 Å². The summed E-state index contributed by atoms with van der Waals surface area (Å²) >= 11 is 0. The Morgan fingerprint density at radius 3 is 1.92 bits per heavy atom. The van der Waals surface area contributed by atoms with Gasteiger partial charge in [-0.25, -0.2) is 0 Å². The molecule has 6 rings (SSSR count). The van der Waals surface area contributed by atoms with Crippen LogP contribution in [-0.4, -0.2) is 4.57 Å². The number of fused-ring (bicyclic) bond motifs is 3. The van der Waals surface area contributed by atoms with E-state index < -0.39 is 0 Å². The third-order valence-electron chi connectivity index (χ3n) is 6.42. The Morgan fingerprint density at radius 1 is 0.500 bits per heavy atom. The number of rotatable bonds is 4. The summed E-state index contributed by atoms with van der Waals surface area (Å²) in [5.74, 6) is 0. The van der Waals surface area contributed by atoms with Gasteiger partial charge in [-0.1, -0.05) is 42.5 Å². The number of nitriles is 2. The van der Waals surface area contributed by atoms with Gasteiger partial charge in [0.2, 0.25) is 0 Å². The number of para-hydroxylation sites is 2. The summed E-state index contributed by atoms with van der Waals surface area (Å²) in [5, 5.41) is 20.9. The van der Waals surface area contributed by atoms with E-state index in [9.17, 15) is 10.5 Å². The van der Waals surface area contributed by atoms with Crippen LogP contribution >= 0.6 is 0 Å². The Bertz CT molecular complexity index is 1800. The SMILES string of the molecule is N#Cc1ccc(N(c2ccccc2)c2cccc(-n3c4ccccc4c4cc(C#N)ccc43)c2)cc1. The highest BCUT2D eigenvalue weighted by atomic mass is 15.1. The van der Waals surface area contributed by atoms with Gasteiger partial charge in [-0.3, -0.25) is 0 Å². The highest BCUT2D eigenvalue weighted by Crippen LogP contribution is 2.37. The van der Waals surface area contributed by atoms with Gasteiger partial charge in [0.25, 0.3) is 0 Å². The molecule has 1 heterocycles. The van der Waals surface area contributed by atoms with Crippen LogP contribution in [0.3, 0.4) is 0 Å². The predicted octanol–water partition coefficient (Wildman–Crippen LogP) is 8.00. The number of benzene rings is 5. The van der Waals surface area contributed by atoms with Gasteiger partial charge in [-0.05, 0) is 78.9 Å². The molecule has 4 nitrogen and oxygen atoms in total. The van der Waals surface area contributed by atoms with Crippen LogP contribution in [0, 0.1) is 22.7 Å². The van der Waals surface area contributed by atoms with Crippen molar-refractivity contribution in [2.24, 2.45) is 0 Å². The normalized spacial score (nSPS) is 10.7. The average Bonchev–Trinajstić information content (AvgIpc) is 3.28. The minimum Gasteiger partial charge on any atom is -0.310 e. The van der Waals surface area contributed by atoms with Gasteiger partial charge in [-0.2, -0.15) is 10.5 Å². The van der Waals surface area contributed by atoms with E-state index in [1.54, 1.807) is 0 Å². The second-order valence-corrected chi connectivity index (χ2v) is 8.55. The molecule has 0 aliphatic rings. The minimum absolute atomic E-state index is 0.627. The topological polar surface area (TPSA) is 55.8 Å². The molecule has 0 amide bonds. The average molecular weight is 461 g/mol. The summed E-state index contributed by atoms with van der Waals surface area (Å²) in [6.45, 7) is 0. The summed E-state index contributed by atoms with van der Waals surface area (Å²) in [4.78, 5) is 2.19. The van der Waals surface area contributed by atoms with Crippen molar-refractivity contribution in [2.75, 3.05) is 4.90 Å². The molecule has 0 radical (unpaired) electrons. The van der Waals surface area contributed by atoms with Crippen LogP contribution in [0.2, 0.25) is 0 Å². The Labute approximate surface area is 209 Å². The van der Waals surface area contributed by atoms with Crippen LogP contribution in [0.15, 0.2) is 121 Å². The second-order valence-electron chi connectivity index (χ2n) is 8.55. The molecule has 0 unspecified atom stereocenters. The molecule has 6 aromatic rings. The lowest BCUT2D eigenvalue weighted by atomic mass is 10.1. The molecule has 0 atom stereocenters. The molecule has 168 valence electrons. The van der Waals surface area contributed by atoms with Crippen molar-refractivity contribution in [3.63, 3.8) is 0 Å². The molecule has 0 aliphatic heterocycles. The highest BCUT2D eigenvalue weighted by Gasteiger charge is 2.16. The third-order valence-corrected chi connectivity index (χ3v) is 6.42. The van der Waals surface area contributed by atoms with Gasteiger partial charge in [0.05, 0.1) is 34.3 Å². The summed E-state index contributed by atoms with van der Waals surface area (Å²) in [6.07, 6.45) is 0. The fraction of sp³-hybridized carbons (Fsp3) is 0. The first-order valence-corrected chi connectivity index (χ1v) is 11.7. The predicted molar refractivity (Wildman–Crippen MR) is 145 cm³/mol. The van der Waals surface area contributed by atoms with Gasteiger partial charge in [0.15, 0.2) is 0 Å². The molecule has 0 saturated carbocycles. The van der Waals surface area contributed by atoms with Gasteiger partial charge in [-0.15, -0.1) is 0 Å². The Morgan fingerprint density at radius 2 is 1.14 bits per heavy atom. The van der Waals surface area contributed by atoms with Gasteiger partial charge < -0.3 is 9.47 Å². The first kappa shape index (κ1) is 21.2. The van der Waals surface area contributed by atoms with E-state index in [1.807, 2.05) is 72.8 Å². The fourth-order valence-corrected chi connectivity index (χ4v) is 4.80. The van der Waals surface area contributed by atoms with Crippen molar-refractivity contribution < 1.29 is 0 Å². The van der Waals surface area contributed by atoms with E-state index in [4.69, 9.17) is 0 Å². The largest absolute Gasteiger partial charge is 0.310 e. The number of hydrogen-bond acceptors (Lipinski definition) is 3. The number of aromatic nitrogens is 1. The Kier molecular flexibility index (Phi) is 5.19. The van der Waals surface area contributed by atoms with Crippen molar-refractivity contribution in [1.82, 2.24) is 4.57 Å². The molecule has 0 fully saturated rings. The van der Waals surface area contributed by atoms with Gasteiger partial charge in [0, 0.05) is 33.5 Å². The van der Waals surface area contributed by atoms with E-state index >= 15 is 0 Å². The minimum atomic E-state index is 0.627. The molecule has 5 aromatic carbocycles. The van der Waals surface area contributed by atoms with E-state index in [0.29, 0.717) is 11.1 Å². The van der Waals surface area contributed by atoms with Gasteiger partial charge >= 0.3 is 0 Å². The molecule has 0 bridgehead atoms. The zero-order valence-electron chi connectivity index (χ0n) is 19.3. The van der Waals surface area contributed by atoms with Crippen molar-refractivity contribution in [3.05, 3.63) is 132 Å². The summed E-state index contributed by atoms with van der Waals surface area (Å²) < 4.78 is 2.25. The van der Waals surface area contributed by atoms with E-state index in [0.717, 1.165) is 44.6 Å². The van der Waals surface area contributed by atoms with Gasteiger partial charge in [0.1, 0.15) is 0 Å². The lowest BCUT2D eigenvalue weighted by molar-refractivity contribution is 1.17. The molecule has 0 aliphatic carbocycles. The quantitative estimate of drug-likeness (QED) is 0.268. The monoisotopic (exact) mass is 460 g/mol. The zero-order valence-corrected chi connectivity index (χ0v) is 19.3. The van der Waals surface area contributed by atoms with Crippen LogP contribution in [0.4, 0.5) is 17.1 Å². The highest BCUT2D eigenvalue weighted by molar-refractivity contribution is 6.09. The smallest absolute Gasteiger partial charge is 0.0991 e. The third kappa shape index (κ3) is 3.55. The van der Waals surface area contributed by atoms with E-state index in [-0.39, 0.29) is 0 Å². The number of anilines is 3. The maximum atomic E-state index is 9.46. The summed E-state index contributed by atoms with van der Waals surface area (Å²) in [5.41, 5.74) is 7.44. The van der Waals surface area contributed by atoms with E-state index in [2.05, 4.69) is 70.1 Å². The number of hydrogen-bond donors (Lipinski definition) is 0. The standard InChI is InChI=1S/C32H20N4/c33-21-23-13-16-26(17-14-23)35(25-7-2-1-3-8-25)27-9-6-10-28(20-27)36-31-12-5-4-11-29(31)30-19-24(22-34)15-18-32(30)36/h1-20H. The van der Waals surface area contributed by atoms with Crippen LogP contribution in [-0.2, 0) is 0 Å². The summed E-state index contributed by atoms with van der Waals surface area (Å²) in [6, 6.07) is 44.9. The maximum Gasteiger partial charge on any atom is 0.0991 e. The van der Waals surface area contributed by atoms with Crippen LogP contribution < -0.4 is 4.90 Å². The summed E-state index contributed by atoms with van der Waals surface area (Å²) in [7, 11) is 0. The Balaban J connectivity index is 1.57. The van der Waals surface area contributed by atoms with Crippen molar-refractivity contribution in [2.45, 2.75) is 0 Å². The molecular formula is C32H20N4. The Hall–Kier alpha value is -5.32. The molecule has 1 aromatic heterocycles. The molecule has 4 heteroatoms. The lowest BCUT2D eigenvalue weighted by Crippen LogP contribution is -2.10. The fourth-order valence-electron chi connectivity index (χ4n) is 4.80. The number of nitrogens with zero attached hydrogens (tertiary/aromatic N) is 4. The van der Waals surface area contributed by atoms with Crippen LogP contribution in [0.5, 0.6) is 0 Å². The van der Waals surface area contributed by atoms with Crippen molar-refractivity contribution in [3.8, 4) is 17.8 Å². The molecule has 0 N–H and O–H groups in total. The first-order chi connectivity index (χ1) is 17.8. The first-order valence-electron chi connectivity index (χ1n) is 11.7. The van der Waals surface area contributed by atoms with Crippen LogP contribution in [0.25, 0.3) is 27.5 Å². The van der Waals surface area contributed by atoms with E-state index in [1.165, 1.54) is 0 Å². The molecule has 36 heavy (non-hydrogen) atoms. The maximum absolute atomic E-state index is 9.46. The zero-order chi connectivity index (χ0) is 24.5. The molecular weight excluding hydrogens is 440 g/mol.